The van der Waals surface area contributed by atoms with Crippen LogP contribution >= 0.6 is 0 Å². The van der Waals surface area contributed by atoms with Gasteiger partial charge in [0.25, 0.3) is 0 Å². The van der Waals surface area contributed by atoms with E-state index in [2.05, 4.69) is 5.32 Å². The van der Waals surface area contributed by atoms with Crippen LogP contribution < -0.4 is 14.4 Å². The summed E-state index contributed by atoms with van der Waals surface area (Å²) < 4.78 is 32.0. The van der Waals surface area contributed by atoms with Crippen LogP contribution in [0.3, 0.4) is 0 Å². The summed E-state index contributed by atoms with van der Waals surface area (Å²) in [5.41, 5.74) is 2.36. The molecule has 0 radical (unpaired) electrons. The molecule has 9 heteroatoms. The number of amides is 2. The number of carbonyl (C=O) groups excluding carboxylic acids is 2. The predicted molar refractivity (Wildman–Crippen MR) is 144 cm³/mol. The van der Waals surface area contributed by atoms with Crippen molar-refractivity contribution < 1.29 is 22.7 Å². The number of nitrogens with zero attached hydrogens (tertiary/aromatic N) is 2. The third-order valence-electron chi connectivity index (χ3n) is 5.71. The number of ether oxygens (including phenoxy) is 1. The second-order valence-electron chi connectivity index (χ2n) is 10.1. The van der Waals surface area contributed by atoms with Crippen LogP contribution in [0.25, 0.3) is 0 Å². The van der Waals surface area contributed by atoms with E-state index in [1.807, 2.05) is 58.9 Å². The van der Waals surface area contributed by atoms with Gasteiger partial charge in [-0.1, -0.05) is 31.2 Å². The van der Waals surface area contributed by atoms with Gasteiger partial charge in [-0.2, -0.15) is 0 Å². The van der Waals surface area contributed by atoms with Crippen molar-refractivity contribution in [3.05, 3.63) is 59.2 Å². The van der Waals surface area contributed by atoms with Gasteiger partial charge in [-0.05, 0) is 75.9 Å². The smallest absolute Gasteiger partial charge is 0.244 e. The first-order chi connectivity index (χ1) is 16.7. The second-order valence-corrected chi connectivity index (χ2v) is 12.0. The van der Waals surface area contributed by atoms with Gasteiger partial charge < -0.3 is 15.0 Å². The van der Waals surface area contributed by atoms with E-state index in [1.165, 1.54) is 4.90 Å². The molecule has 0 aliphatic heterocycles. The summed E-state index contributed by atoms with van der Waals surface area (Å²) in [6.45, 7) is 10.9. The summed E-state index contributed by atoms with van der Waals surface area (Å²) in [6, 6.07) is 11.9. The molecule has 36 heavy (non-hydrogen) atoms. The molecule has 0 spiro atoms. The van der Waals surface area contributed by atoms with E-state index in [4.69, 9.17) is 4.74 Å². The van der Waals surface area contributed by atoms with Crippen molar-refractivity contribution in [3.8, 4) is 5.75 Å². The van der Waals surface area contributed by atoms with Crippen LogP contribution in [0.15, 0.2) is 42.5 Å². The first kappa shape index (κ1) is 29.2. The number of aryl methyl sites for hydroxylation is 2. The molecule has 0 bridgehead atoms. The maximum atomic E-state index is 13.8. The molecule has 0 aliphatic rings. The summed E-state index contributed by atoms with van der Waals surface area (Å²) in [6.07, 6.45) is 1.45. The van der Waals surface area contributed by atoms with Crippen LogP contribution in [0.4, 0.5) is 5.69 Å². The summed E-state index contributed by atoms with van der Waals surface area (Å²) >= 11 is 0. The Morgan fingerprint density at radius 2 is 1.67 bits per heavy atom. The average Bonchev–Trinajstić information content (AvgIpc) is 2.77. The number of nitrogens with one attached hydrogen (secondary N) is 1. The van der Waals surface area contributed by atoms with Gasteiger partial charge in [0.05, 0.1) is 19.1 Å². The Bertz CT molecular complexity index is 1170. The van der Waals surface area contributed by atoms with Crippen LogP contribution in [-0.4, -0.2) is 56.6 Å². The molecule has 1 atom stereocenters. The van der Waals surface area contributed by atoms with Crippen molar-refractivity contribution in [1.29, 1.82) is 0 Å². The molecule has 0 saturated heterocycles. The van der Waals surface area contributed by atoms with Crippen LogP contribution in [-0.2, 0) is 26.2 Å². The Labute approximate surface area is 215 Å². The minimum Gasteiger partial charge on any atom is -0.497 e. The Morgan fingerprint density at radius 3 is 2.17 bits per heavy atom. The Morgan fingerprint density at radius 1 is 1.06 bits per heavy atom. The summed E-state index contributed by atoms with van der Waals surface area (Å²) in [5, 5.41) is 2.96. The highest BCUT2D eigenvalue weighted by Crippen LogP contribution is 2.25. The highest BCUT2D eigenvalue weighted by molar-refractivity contribution is 7.92. The van der Waals surface area contributed by atoms with E-state index in [-0.39, 0.29) is 12.5 Å². The molecule has 198 valence electrons. The largest absolute Gasteiger partial charge is 0.497 e. The first-order valence-corrected chi connectivity index (χ1v) is 13.8. The maximum absolute atomic E-state index is 13.8. The minimum absolute atomic E-state index is 0.142. The molecular weight excluding hydrogens is 478 g/mol. The van der Waals surface area contributed by atoms with Gasteiger partial charge in [0.1, 0.15) is 18.3 Å². The number of hydrogen-bond acceptors (Lipinski definition) is 5. The predicted octanol–water partition coefficient (Wildman–Crippen LogP) is 3.80. The molecule has 0 unspecified atom stereocenters. The lowest BCUT2D eigenvalue weighted by Crippen LogP contribution is -2.55. The van der Waals surface area contributed by atoms with Crippen LogP contribution in [0.5, 0.6) is 5.75 Å². The molecule has 0 fully saturated rings. The fourth-order valence-corrected chi connectivity index (χ4v) is 4.78. The van der Waals surface area contributed by atoms with Gasteiger partial charge in [-0.3, -0.25) is 13.9 Å². The topological polar surface area (TPSA) is 96.0 Å². The van der Waals surface area contributed by atoms with Gasteiger partial charge in [0.15, 0.2) is 0 Å². The van der Waals surface area contributed by atoms with Crippen molar-refractivity contribution in [1.82, 2.24) is 10.2 Å². The quantitative estimate of drug-likeness (QED) is 0.517. The second kappa shape index (κ2) is 11.8. The lowest BCUT2D eigenvalue weighted by atomic mass is 10.1. The van der Waals surface area contributed by atoms with E-state index in [0.29, 0.717) is 17.9 Å². The third-order valence-corrected chi connectivity index (χ3v) is 6.84. The number of anilines is 1. The van der Waals surface area contributed by atoms with Crippen LogP contribution in [0.2, 0.25) is 0 Å². The fraction of sp³-hybridized carbons (Fsp3) is 0.481. The van der Waals surface area contributed by atoms with Crippen molar-refractivity contribution in [2.75, 3.05) is 24.2 Å². The summed E-state index contributed by atoms with van der Waals surface area (Å²) in [4.78, 5) is 28.5. The van der Waals surface area contributed by atoms with Gasteiger partial charge in [0, 0.05) is 12.1 Å². The fourth-order valence-electron chi connectivity index (χ4n) is 3.88. The first-order valence-electron chi connectivity index (χ1n) is 12.0. The maximum Gasteiger partial charge on any atom is 0.244 e. The highest BCUT2D eigenvalue weighted by atomic mass is 32.2. The van der Waals surface area contributed by atoms with E-state index >= 15 is 0 Å². The molecule has 0 saturated carbocycles. The Hall–Kier alpha value is -3.07. The van der Waals surface area contributed by atoms with Crippen molar-refractivity contribution in [3.63, 3.8) is 0 Å². The highest BCUT2D eigenvalue weighted by Gasteiger charge is 2.33. The molecule has 2 aromatic rings. The standard InChI is InChI=1S/C27H39N3O5S/c1-9-23(26(32)28-27(4,5)6)29(17-21-12-14-22(35-7)15-13-21)25(31)18-30(36(8,33)34)24-16-19(2)10-11-20(24)3/h10-16,23H,9,17-18H2,1-8H3,(H,28,32)/t23-/m0/s1. The molecule has 2 aromatic carbocycles. The van der Waals surface area contributed by atoms with Gasteiger partial charge in [0.2, 0.25) is 21.8 Å². The molecule has 1 N–H and O–H groups in total. The van der Waals surface area contributed by atoms with Crippen molar-refractivity contribution in [2.45, 2.75) is 66.1 Å². The number of benzene rings is 2. The molecule has 2 amide bonds. The van der Waals surface area contributed by atoms with Crippen LogP contribution in [0, 0.1) is 13.8 Å². The lowest BCUT2D eigenvalue weighted by Gasteiger charge is -2.34. The van der Waals surface area contributed by atoms with Gasteiger partial charge in [-0.25, -0.2) is 8.42 Å². The summed E-state index contributed by atoms with van der Waals surface area (Å²) in [7, 11) is -2.21. The van der Waals surface area contributed by atoms with Gasteiger partial charge >= 0.3 is 0 Å². The monoisotopic (exact) mass is 517 g/mol. The summed E-state index contributed by atoms with van der Waals surface area (Å²) in [5.74, 6) is -0.0788. The zero-order valence-corrected chi connectivity index (χ0v) is 23.4. The number of carbonyl (C=O) groups is 2. The van der Waals surface area contributed by atoms with Crippen molar-refractivity contribution >= 4 is 27.5 Å². The zero-order chi connectivity index (χ0) is 27.3. The third kappa shape index (κ3) is 7.98. The lowest BCUT2D eigenvalue weighted by molar-refractivity contribution is -0.141. The normalized spacial score (nSPS) is 12.6. The number of hydrogen-bond donors (Lipinski definition) is 1. The number of rotatable bonds is 10. The van der Waals surface area contributed by atoms with E-state index in [0.717, 1.165) is 27.3 Å². The Balaban J connectivity index is 2.50. The van der Waals surface area contributed by atoms with E-state index < -0.39 is 34.1 Å². The van der Waals surface area contributed by atoms with E-state index in [9.17, 15) is 18.0 Å². The molecule has 8 nitrogen and oxygen atoms in total. The molecule has 0 aromatic heterocycles. The molecule has 2 rings (SSSR count). The van der Waals surface area contributed by atoms with E-state index in [1.54, 1.807) is 32.2 Å². The zero-order valence-electron chi connectivity index (χ0n) is 22.6. The minimum atomic E-state index is -3.78. The molecule has 0 heterocycles. The average molecular weight is 518 g/mol. The Kier molecular flexibility index (Phi) is 9.54. The molecule has 0 aliphatic carbocycles. The van der Waals surface area contributed by atoms with Gasteiger partial charge in [-0.15, -0.1) is 0 Å². The SMILES string of the molecule is CC[C@@H](C(=O)NC(C)(C)C)N(Cc1ccc(OC)cc1)C(=O)CN(c1cc(C)ccc1C)S(C)(=O)=O. The number of methoxy groups -OCH3 is 1. The molecular formula is C27H39N3O5S. The van der Waals surface area contributed by atoms with Crippen molar-refractivity contribution in [2.24, 2.45) is 0 Å². The van der Waals surface area contributed by atoms with Crippen LogP contribution in [0.1, 0.15) is 50.8 Å². The number of sulfonamides is 1.